The summed E-state index contributed by atoms with van der Waals surface area (Å²) in [6.45, 7) is 8.90. The minimum atomic E-state index is -0.187. The Labute approximate surface area is 112 Å². The maximum atomic E-state index is 12.7. The summed E-state index contributed by atoms with van der Waals surface area (Å²) >= 11 is 0. The van der Waals surface area contributed by atoms with Crippen molar-refractivity contribution in [3.05, 3.63) is 35.6 Å². The van der Waals surface area contributed by atoms with Crippen molar-refractivity contribution in [2.75, 3.05) is 27.7 Å². The predicted octanol–water partition coefficient (Wildman–Crippen LogP) is 3.70. The predicted molar refractivity (Wildman–Crippen MR) is 79.5 cm³/mol. The maximum absolute atomic E-state index is 12.7. The van der Waals surface area contributed by atoms with Gasteiger partial charge in [-0.15, -0.1) is 0 Å². The van der Waals surface area contributed by atoms with Gasteiger partial charge in [-0.1, -0.05) is 39.8 Å². The molecule has 1 aromatic rings. The van der Waals surface area contributed by atoms with E-state index >= 15 is 0 Å². The quantitative estimate of drug-likeness (QED) is 0.883. The van der Waals surface area contributed by atoms with Gasteiger partial charge < -0.3 is 10.2 Å². The van der Waals surface area contributed by atoms with Crippen molar-refractivity contribution in [3.63, 3.8) is 0 Å². The molecule has 0 fully saturated rings. The van der Waals surface area contributed by atoms with Crippen LogP contribution in [0.3, 0.4) is 0 Å². The van der Waals surface area contributed by atoms with Gasteiger partial charge in [0, 0.05) is 12.6 Å². The lowest BCUT2D eigenvalue weighted by atomic mass is 10.1. The van der Waals surface area contributed by atoms with E-state index in [9.17, 15) is 4.39 Å². The maximum Gasteiger partial charge on any atom is 0.123 e. The Morgan fingerprint density at radius 1 is 1.06 bits per heavy atom. The van der Waals surface area contributed by atoms with Crippen LogP contribution in [0.4, 0.5) is 4.39 Å². The molecule has 0 spiro atoms. The van der Waals surface area contributed by atoms with E-state index in [2.05, 4.69) is 10.2 Å². The van der Waals surface area contributed by atoms with Crippen LogP contribution in [0.2, 0.25) is 0 Å². The monoisotopic (exact) mass is 256 g/mol. The highest BCUT2D eigenvalue weighted by Crippen LogP contribution is 2.13. The fourth-order valence-corrected chi connectivity index (χ4v) is 1.42. The van der Waals surface area contributed by atoms with Crippen molar-refractivity contribution in [1.82, 2.24) is 10.2 Å². The Balaban J connectivity index is 0. The lowest BCUT2D eigenvalue weighted by molar-refractivity contribution is 0.352. The molecule has 0 amide bonds. The normalized spacial score (nSPS) is 10.9. The molecule has 1 aromatic carbocycles. The van der Waals surface area contributed by atoms with Crippen LogP contribution in [0.1, 0.15) is 39.3 Å². The second-order valence-electron chi connectivity index (χ2n) is 3.66. The molecule has 2 nitrogen and oxygen atoms in total. The van der Waals surface area contributed by atoms with Crippen LogP contribution in [0.5, 0.6) is 0 Å². The summed E-state index contributed by atoms with van der Waals surface area (Å²) in [5, 5.41) is 3.21. The molecule has 1 rings (SSSR count). The lowest BCUT2D eigenvalue weighted by Gasteiger charge is -2.20. The number of hydrogen-bond acceptors (Lipinski definition) is 2. The van der Waals surface area contributed by atoms with Crippen molar-refractivity contribution in [2.24, 2.45) is 0 Å². The zero-order chi connectivity index (χ0) is 14.6. The highest BCUT2D eigenvalue weighted by molar-refractivity contribution is 5.20. The van der Waals surface area contributed by atoms with Gasteiger partial charge in [0.2, 0.25) is 0 Å². The van der Waals surface area contributed by atoms with Gasteiger partial charge in [-0.05, 0) is 38.8 Å². The van der Waals surface area contributed by atoms with Crippen LogP contribution in [0.25, 0.3) is 0 Å². The van der Waals surface area contributed by atoms with Crippen molar-refractivity contribution >= 4 is 0 Å². The Hall–Kier alpha value is -0.930. The van der Waals surface area contributed by atoms with E-state index in [4.69, 9.17) is 0 Å². The molecule has 0 heterocycles. The zero-order valence-electron chi connectivity index (χ0n) is 12.9. The van der Waals surface area contributed by atoms with Crippen LogP contribution in [-0.2, 0) is 0 Å². The molecule has 1 N–H and O–H groups in total. The molecule has 0 radical (unpaired) electrons. The average molecular weight is 256 g/mol. The van der Waals surface area contributed by atoms with E-state index in [0.717, 1.165) is 12.1 Å². The summed E-state index contributed by atoms with van der Waals surface area (Å²) in [5.74, 6) is -0.187. The SMILES string of the molecule is CC.CC.CNC(CN(C)C)c1ccc(F)cc1. The Morgan fingerprint density at radius 2 is 1.50 bits per heavy atom. The van der Waals surface area contributed by atoms with E-state index in [0.29, 0.717) is 0 Å². The van der Waals surface area contributed by atoms with Crippen LogP contribution in [0.15, 0.2) is 24.3 Å². The molecule has 0 bridgehead atoms. The van der Waals surface area contributed by atoms with Crippen molar-refractivity contribution in [1.29, 1.82) is 0 Å². The van der Waals surface area contributed by atoms with Gasteiger partial charge in [0.1, 0.15) is 5.82 Å². The molecule has 0 aromatic heterocycles. The number of nitrogens with one attached hydrogen (secondary N) is 1. The molecule has 106 valence electrons. The van der Waals surface area contributed by atoms with E-state index in [1.165, 1.54) is 12.1 Å². The highest BCUT2D eigenvalue weighted by Gasteiger charge is 2.09. The third kappa shape index (κ3) is 8.20. The van der Waals surface area contributed by atoms with E-state index in [1.54, 1.807) is 0 Å². The largest absolute Gasteiger partial charge is 0.312 e. The Kier molecular flexibility index (Phi) is 13.5. The number of hydrogen-bond donors (Lipinski definition) is 1. The highest BCUT2D eigenvalue weighted by atomic mass is 19.1. The third-order valence-corrected chi connectivity index (χ3v) is 2.17. The van der Waals surface area contributed by atoms with Crippen LogP contribution in [-0.4, -0.2) is 32.6 Å². The number of likely N-dealkylation sites (N-methyl/N-ethyl adjacent to an activating group) is 2. The van der Waals surface area contributed by atoms with Crippen molar-refractivity contribution < 1.29 is 4.39 Å². The lowest BCUT2D eigenvalue weighted by Crippen LogP contribution is -2.28. The first kappa shape index (κ1) is 19.4. The summed E-state index contributed by atoms with van der Waals surface area (Å²) in [6.07, 6.45) is 0. The fourth-order valence-electron chi connectivity index (χ4n) is 1.42. The third-order valence-electron chi connectivity index (χ3n) is 2.17. The Morgan fingerprint density at radius 3 is 1.83 bits per heavy atom. The van der Waals surface area contributed by atoms with Crippen LogP contribution in [0, 0.1) is 5.82 Å². The van der Waals surface area contributed by atoms with E-state index in [-0.39, 0.29) is 11.9 Å². The topological polar surface area (TPSA) is 15.3 Å². The molecule has 0 saturated carbocycles. The van der Waals surface area contributed by atoms with Crippen LogP contribution < -0.4 is 5.32 Å². The molecule has 0 aliphatic rings. The van der Waals surface area contributed by atoms with Gasteiger partial charge >= 0.3 is 0 Å². The first-order chi connectivity index (χ1) is 8.63. The number of rotatable bonds is 4. The van der Waals surface area contributed by atoms with E-state index < -0.39 is 0 Å². The summed E-state index contributed by atoms with van der Waals surface area (Å²) < 4.78 is 12.7. The molecule has 0 aliphatic carbocycles. The minimum absolute atomic E-state index is 0.187. The molecule has 1 atom stereocenters. The first-order valence-corrected chi connectivity index (χ1v) is 6.71. The summed E-state index contributed by atoms with van der Waals surface area (Å²) in [6, 6.07) is 6.88. The summed E-state index contributed by atoms with van der Waals surface area (Å²) in [7, 11) is 5.96. The standard InChI is InChI=1S/C11H17FN2.2C2H6/c1-13-11(8-14(2)3)9-4-6-10(12)7-5-9;2*1-2/h4-7,11,13H,8H2,1-3H3;2*1-2H3. The molecule has 3 heteroatoms. The number of benzene rings is 1. The average Bonchev–Trinajstić information content (AvgIpc) is 2.41. The molecular weight excluding hydrogens is 227 g/mol. The molecular formula is C15H29FN2. The minimum Gasteiger partial charge on any atom is -0.312 e. The summed E-state index contributed by atoms with van der Waals surface area (Å²) in [4.78, 5) is 2.10. The van der Waals surface area contributed by atoms with Gasteiger partial charge in [-0.2, -0.15) is 0 Å². The zero-order valence-corrected chi connectivity index (χ0v) is 12.9. The Bertz CT molecular complexity index is 270. The van der Waals surface area contributed by atoms with Crippen LogP contribution >= 0.6 is 0 Å². The van der Waals surface area contributed by atoms with Gasteiger partial charge in [0.25, 0.3) is 0 Å². The summed E-state index contributed by atoms with van der Waals surface area (Å²) in [5.41, 5.74) is 1.11. The van der Waals surface area contributed by atoms with Gasteiger partial charge in [0.15, 0.2) is 0 Å². The first-order valence-electron chi connectivity index (χ1n) is 6.71. The number of halogens is 1. The second-order valence-corrected chi connectivity index (χ2v) is 3.66. The molecule has 18 heavy (non-hydrogen) atoms. The van der Waals surface area contributed by atoms with E-state index in [1.807, 2.05) is 61.0 Å². The van der Waals surface area contributed by atoms with Gasteiger partial charge in [-0.25, -0.2) is 4.39 Å². The fraction of sp³-hybridized carbons (Fsp3) is 0.600. The van der Waals surface area contributed by atoms with Crippen molar-refractivity contribution in [3.8, 4) is 0 Å². The molecule has 1 unspecified atom stereocenters. The van der Waals surface area contributed by atoms with Crippen molar-refractivity contribution in [2.45, 2.75) is 33.7 Å². The van der Waals surface area contributed by atoms with Gasteiger partial charge in [0.05, 0.1) is 0 Å². The second kappa shape index (κ2) is 12.5. The smallest absolute Gasteiger partial charge is 0.123 e. The number of nitrogens with zero attached hydrogens (tertiary/aromatic N) is 1. The molecule has 0 saturated heterocycles. The molecule has 0 aliphatic heterocycles. The van der Waals surface area contributed by atoms with Gasteiger partial charge in [-0.3, -0.25) is 0 Å².